The maximum absolute atomic E-state index is 13.2. The quantitative estimate of drug-likeness (QED) is 0.730. The van der Waals surface area contributed by atoms with E-state index in [1.807, 2.05) is 58.0 Å². The van der Waals surface area contributed by atoms with Crippen LogP contribution in [-0.2, 0) is 20.9 Å². The first-order valence-electron chi connectivity index (χ1n) is 11.2. The maximum Gasteiger partial charge on any atom is 0.228 e. The van der Waals surface area contributed by atoms with Gasteiger partial charge in [-0.2, -0.15) is 0 Å². The smallest absolute Gasteiger partial charge is 0.228 e. The number of hydrogen-bond donors (Lipinski definition) is 1. The van der Waals surface area contributed by atoms with Crippen LogP contribution in [0.25, 0.3) is 0 Å². The molecule has 1 N–H and O–H groups in total. The summed E-state index contributed by atoms with van der Waals surface area (Å²) in [5, 5.41) is 3.07. The topological polar surface area (TPSA) is 61.9 Å². The molecule has 1 saturated heterocycles. The Hall–Kier alpha value is -2.08. The zero-order chi connectivity index (χ0) is 21.9. The van der Waals surface area contributed by atoms with E-state index in [4.69, 9.17) is 4.74 Å². The van der Waals surface area contributed by atoms with Crippen LogP contribution in [0.4, 0.5) is 11.4 Å². The molecule has 0 spiro atoms. The number of nitrogens with one attached hydrogen (secondary N) is 1. The first kappa shape index (κ1) is 22.6. The van der Waals surface area contributed by atoms with E-state index in [0.29, 0.717) is 13.1 Å². The first-order chi connectivity index (χ1) is 14.1. The lowest BCUT2D eigenvalue weighted by atomic mass is 9.85. The van der Waals surface area contributed by atoms with Crippen molar-refractivity contribution in [1.82, 2.24) is 4.90 Å². The summed E-state index contributed by atoms with van der Waals surface area (Å²) in [6.45, 7) is 7.74. The second-order valence-electron chi connectivity index (χ2n) is 9.93. The van der Waals surface area contributed by atoms with Gasteiger partial charge in [-0.05, 0) is 49.4 Å². The molecule has 30 heavy (non-hydrogen) atoms. The maximum atomic E-state index is 13.2. The van der Waals surface area contributed by atoms with Crippen molar-refractivity contribution in [2.75, 3.05) is 37.5 Å². The normalized spacial score (nSPS) is 19.3. The molecule has 1 heterocycles. The van der Waals surface area contributed by atoms with Crippen molar-refractivity contribution in [1.29, 1.82) is 0 Å². The molecular formula is C24H37N3O3. The third-order valence-electron chi connectivity index (χ3n) is 6.04. The van der Waals surface area contributed by atoms with E-state index in [1.165, 1.54) is 0 Å². The Morgan fingerprint density at radius 1 is 1.13 bits per heavy atom. The number of nitrogens with zero attached hydrogens (tertiary/aromatic N) is 2. The van der Waals surface area contributed by atoms with Gasteiger partial charge in [0.15, 0.2) is 0 Å². The van der Waals surface area contributed by atoms with Gasteiger partial charge in [-0.15, -0.1) is 0 Å². The van der Waals surface area contributed by atoms with Gasteiger partial charge in [0.2, 0.25) is 11.8 Å². The fraction of sp³-hybridized carbons (Fsp3) is 0.667. The van der Waals surface area contributed by atoms with E-state index in [1.54, 1.807) is 0 Å². The summed E-state index contributed by atoms with van der Waals surface area (Å²) < 4.78 is 5.82. The van der Waals surface area contributed by atoms with Crippen molar-refractivity contribution in [2.24, 2.45) is 11.3 Å². The Balaban J connectivity index is 1.83. The minimum atomic E-state index is -0.465. The van der Waals surface area contributed by atoms with Crippen LogP contribution in [0, 0.1) is 11.3 Å². The highest BCUT2D eigenvalue weighted by atomic mass is 16.5. The molecule has 0 bridgehead atoms. The van der Waals surface area contributed by atoms with E-state index in [2.05, 4.69) is 10.2 Å². The Kier molecular flexibility index (Phi) is 7.06. The van der Waals surface area contributed by atoms with Gasteiger partial charge >= 0.3 is 0 Å². The number of ether oxygens (including phenoxy) is 1. The third kappa shape index (κ3) is 5.54. The molecule has 1 aliphatic heterocycles. The molecule has 1 aliphatic carbocycles. The monoisotopic (exact) mass is 415 g/mol. The number of rotatable bonds is 7. The highest BCUT2D eigenvalue weighted by Crippen LogP contribution is 2.30. The van der Waals surface area contributed by atoms with Gasteiger partial charge in [0.1, 0.15) is 0 Å². The Labute approximate surface area is 180 Å². The van der Waals surface area contributed by atoms with Gasteiger partial charge in [-0.3, -0.25) is 9.59 Å². The molecule has 6 nitrogen and oxygen atoms in total. The van der Waals surface area contributed by atoms with Crippen molar-refractivity contribution in [3.8, 4) is 0 Å². The van der Waals surface area contributed by atoms with Crippen LogP contribution in [0.5, 0.6) is 0 Å². The van der Waals surface area contributed by atoms with Gasteiger partial charge in [-0.25, -0.2) is 0 Å². The molecule has 0 radical (unpaired) electrons. The molecule has 1 aromatic carbocycles. The minimum Gasteiger partial charge on any atom is -0.377 e. The largest absolute Gasteiger partial charge is 0.377 e. The average molecular weight is 416 g/mol. The lowest BCUT2D eigenvalue weighted by Gasteiger charge is -2.32. The molecule has 2 fully saturated rings. The van der Waals surface area contributed by atoms with Crippen LogP contribution in [0.2, 0.25) is 0 Å². The average Bonchev–Trinajstić information content (AvgIpc) is 3.11. The zero-order valence-corrected chi connectivity index (χ0v) is 19.2. The van der Waals surface area contributed by atoms with E-state index in [9.17, 15) is 9.59 Å². The fourth-order valence-corrected chi connectivity index (χ4v) is 4.07. The van der Waals surface area contributed by atoms with E-state index < -0.39 is 5.41 Å². The molecule has 2 aliphatic rings. The Bertz CT molecular complexity index is 759. The Morgan fingerprint density at radius 3 is 2.40 bits per heavy atom. The lowest BCUT2D eigenvalue weighted by molar-refractivity contribution is -0.141. The molecule has 3 rings (SSSR count). The lowest BCUT2D eigenvalue weighted by Crippen LogP contribution is -2.43. The number of carbonyl (C=O) groups is 2. The van der Waals surface area contributed by atoms with Crippen molar-refractivity contribution in [3.05, 3.63) is 23.8 Å². The van der Waals surface area contributed by atoms with Crippen LogP contribution in [0.15, 0.2) is 18.2 Å². The second-order valence-corrected chi connectivity index (χ2v) is 9.93. The number of carbonyl (C=O) groups excluding carboxylic acids is 2. The van der Waals surface area contributed by atoms with Gasteiger partial charge in [0.25, 0.3) is 0 Å². The molecular weight excluding hydrogens is 378 g/mol. The van der Waals surface area contributed by atoms with Crippen LogP contribution >= 0.6 is 0 Å². The van der Waals surface area contributed by atoms with Crippen LogP contribution < -0.4 is 10.2 Å². The third-order valence-corrected chi connectivity index (χ3v) is 6.04. The van der Waals surface area contributed by atoms with Gasteiger partial charge in [0, 0.05) is 56.5 Å². The predicted octanol–water partition coefficient (Wildman–Crippen LogP) is 4.04. The molecule has 1 atom stereocenters. The van der Waals surface area contributed by atoms with Crippen molar-refractivity contribution >= 4 is 23.2 Å². The van der Waals surface area contributed by atoms with Gasteiger partial charge in [0.05, 0.1) is 6.10 Å². The molecule has 2 amide bonds. The number of benzene rings is 1. The van der Waals surface area contributed by atoms with Crippen LogP contribution in [-0.4, -0.2) is 50.1 Å². The Morgan fingerprint density at radius 2 is 1.87 bits per heavy atom. The van der Waals surface area contributed by atoms with E-state index in [-0.39, 0.29) is 23.8 Å². The van der Waals surface area contributed by atoms with E-state index in [0.717, 1.165) is 55.6 Å². The van der Waals surface area contributed by atoms with E-state index >= 15 is 0 Å². The summed E-state index contributed by atoms with van der Waals surface area (Å²) in [4.78, 5) is 29.6. The van der Waals surface area contributed by atoms with Crippen molar-refractivity contribution in [2.45, 2.75) is 65.5 Å². The summed E-state index contributed by atoms with van der Waals surface area (Å²) in [5.74, 6) is 0.360. The van der Waals surface area contributed by atoms with Crippen LogP contribution in [0.1, 0.15) is 58.4 Å². The number of amides is 2. The predicted molar refractivity (Wildman–Crippen MR) is 121 cm³/mol. The first-order valence-corrected chi connectivity index (χ1v) is 11.2. The molecule has 1 saturated carbocycles. The molecule has 1 aromatic rings. The van der Waals surface area contributed by atoms with Gasteiger partial charge in [-0.1, -0.05) is 27.2 Å². The summed E-state index contributed by atoms with van der Waals surface area (Å²) in [6, 6.07) is 5.99. The zero-order valence-electron chi connectivity index (χ0n) is 19.2. The number of anilines is 2. The molecule has 166 valence electrons. The highest BCUT2D eigenvalue weighted by Gasteiger charge is 2.31. The standard InChI is InChI=1S/C24H37N3O3/c1-24(2,3)23(29)27(16-20-10-7-13-30-20)15-18-14-19(11-12-21(18)26(4)5)25-22(28)17-8-6-9-17/h11-12,14,17,20H,6-10,13,15-16H2,1-5H3,(H,25,28)/t20-/m0/s1. The highest BCUT2D eigenvalue weighted by molar-refractivity contribution is 5.93. The summed E-state index contributed by atoms with van der Waals surface area (Å²) in [6.07, 6.45) is 5.23. The minimum absolute atomic E-state index is 0.0978. The SMILES string of the molecule is CN(C)c1ccc(NC(=O)C2CCC2)cc1CN(C[C@@H]1CCCO1)C(=O)C(C)(C)C. The van der Waals surface area contributed by atoms with Gasteiger partial charge < -0.3 is 19.9 Å². The molecule has 0 unspecified atom stereocenters. The second kappa shape index (κ2) is 9.38. The fourth-order valence-electron chi connectivity index (χ4n) is 4.07. The molecule has 6 heteroatoms. The van der Waals surface area contributed by atoms with Crippen molar-refractivity contribution in [3.63, 3.8) is 0 Å². The summed E-state index contributed by atoms with van der Waals surface area (Å²) >= 11 is 0. The summed E-state index contributed by atoms with van der Waals surface area (Å²) in [5.41, 5.74) is 2.41. The van der Waals surface area contributed by atoms with Crippen molar-refractivity contribution < 1.29 is 14.3 Å². The number of hydrogen-bond acceptors (Lipinski definition) is 4. The molecule has 0 aromatic heterocycles. The summed E-state index contributed by atoms with van der Waals surface area (Å²) in [7, 11) is 4.00. The van der Waals surface area contributed by atoms with Crippen LogP contribution in [0.3, 0.4) is 0 Å².